The fourth-order valence-electron chi connectivity index (χ4n) is 3.65. The molecule has 0 saturated heterocycles. The molecule has 3 heterocycles. The Morgan fingerprint density at radius 2 is 2.08 bits per heavy atom. The maximum absolute atomic E-state index is 12.7. The number of aryl methyl sites for hydroxylation is 2. The number of rotatable bonds is 4. The van der Waals surface area contributed by atoms with Crippen LogP contribution in [0.1, 0.15) is 32.5 Å². The first-order valence-corrected chi connectivity index (χ1v) is 10.6. The van der Waals surface area contributed by atoms with Crippen LogP contribution in [-0.4, -0.2) is 23.9 Å². The lowest BCUT2D eigenvalue weighted by Crippen LogP contribution is -2.40. The van der Waals surface area contributed by atoms with Crippen LogP contribution in [0.4, 0.5) is 5.69 Å². The number of nitrogens with zero attached hydrogens (tertiary/aromatic N) is 1. The number of carbonyl (C=O) groups excluding carboxylic acids is 1. The Bertz CT molecular complexity index is 914. The van der Waals surface area contributed by atoms with Crippen molar-refractivity contribution < 1.29 is 4.79 Å². The highest BCUT2D eigenvalue weighted by atomic mass is 32.1. The van der Waals surface area contributed by atoms with Gasteiger partial charge in [-0.05, 0) is 60.4 Å². The zero-order chi connectivity index (χ0) is 18.1. The highest BCUT2D eigenvalue weighted by Gasteiger charge is 2.31. The summed E-state index contributed by atoms with van der Waals surface area (Å²) in [5, 5.41) is 7.38. The third-order valence-corrected chi connectivity index (χ3v) is 6.80. The molecule has 134 valence electrons. The van der Waals surface area contributed by atoms with Crippen LogP contribution in [-0.2, 0) is 11.2 Å². The molecule has 1 N–H and O–H groups in total. The summed E-state index contributed by atoms with van der Waals surface area (Å²) in [6.07, 6.45) is 1.02. The van der Waals surface area contributed by atoms with E-state index in [0.29, 0.717) is 6.54 Å². The van der Waals surface area contributed by atoms with Crippen molar-refractivity contribution in [1.29, 1.82) is 0 Å². The number of carbonyl (C=O) groups is 1. The van der Waals surface area contributed by atoms with Crippen molar-refractivity contribution in [2.75, 3.05) is 18.4 Å². The van der Waals surface area contributed by atoms with Crippen LogP contribution < -0.4 is 5.32 Å². The predicted molar refractivity (Wildman–Crippen MR) is 110 cm³/mol. The second-order valence-electron chi connectivity index (χ2n) is 6.80. The number of amides is 1. The molecule has 1 amide bonds. The molecule has 1 aliphatic rings. The van der Waals surface area contributed by atoms with Crippen molar-refractivity contribution in [2.24, 2.45) is 0 Å². The molecule has 0 aliphatic carbocycles. The number of nitrogens with one attached hydrogen (secondary N) is 1. The molecule has 0 unspecified atom stereocenters. The molecule has 1 aliphatic heterocycles. The van der Waals surface area contributed by atoms with Gasteiger partial charge >= 0.3 is 0 Å². The zero-order valence-electron chi connectivity index (χ0n) is 15.0. The van der Waals surface area contributed by atoms with E-state index in [1.54, 1.807) is 11.3 Å². The van der Waals surface area contributed by atoms with E-state index in [4.69, 9.17) is 0 Å². The molecule has 26 heavy (non-hydrogen) atoms. The van der Waals surface area contributed by atoms with Crippen molar-refractivity contribution in [3.8, 4) is 0 Å². The zero-order valence-corrected chi connectivity index (χ0v) is 16.6. The third kappa shape index (κ3) is 3.47. The van der Waals surface area contributed by atoms with Gasteiger partial charge in [0.1, 0.15) is 0 Å². The van der Waals surface area contributed by atoms with E-state index in [1.807, 2.05) is 30.4 Å². The van der Waals surface area contributed by atoms with Crippen molar-refractivity contribution in [3.63, 3.8) is 0 Å². The first kappa shape index (κ1) is 17.5. The van der Waals surface area contributed by atoms with Crippen molar-refractivity contribution >= 4 is 34.3 Å². The third-order valence-electron chi connectivity index (χ3n) is 4.88. The highest BCUT2D eigenvalue weighted by molar-refractivity contribution is 7.10. The maximum atomic E-state index is 12.7. The largest absolute Gasteiger partial charge is 0.325 e. The first-order chi connectivity index (χ1) is 12.6. The van der Waals surface area contributed by atoms with E-state index in [-0.39, 0.29) is 11.9 Å². The lowest BCUT2D eigenvalue weighted by molar-refractivity contribution is -0.117. The summed E-state index contributed by atoms with van der Waals surface area (Å²) in [5.41, 5.74) is 4.58. The van der Waals surface area contributed by atoms with Crippen molar-refractivity contribution in [1.82, 2.24) is 4.90 Å². The summed E-state index contributed by atoms with van der Waals surface area (Å²) in [6.45, 7) is 5.42. The quantitative estimate of drug-likeness (QED) is 0.688. The molecule has 4 rings (SSSR count). The van der Waals surface area contributed by atoms with Gasteiger partial charge in [0.15, 0.2) is 0 Å². The molecule has 1 aromatic carbocycles. The summed E-state index contributed by atoms with van der Waals surface area (Å²) >= 11 is 3.60. The second-order valence-corrected chi connectivity index (χ2v) is 8.78. The first-order valence-electron chi connectivity index (χ1n) is 8.82. The van der Waals surface area contributed by atoms with Gasteiger partial charge in [-0.15, -0.1) is 22.7 Å². The molecule has 1 atom stereocenters. The SMILES string of the molecule is Cc1ccc(NC(=O)CN2CCc3sccc3[C@@H]2c2cccs2)c(C)c1. The normalized spacial score (nSPS) is 17.1. The van der Waals surface area contributed by atoms with Gasteiger partial charge in [-0.1, -0.05) is 23.8 Å². The molecule has 0 spiro atoms. The molecular formula is C21H22N2OS2. The predicted octanol–water partition coefficient (Wildman–Crippen LogP) is 5.01. The topological polar surface area (TPSA) is 32.3 Å². The van der Waals surface area contributed by atoms with Crippen LogP contribution in [0.2, 0.25) is 0 Å². The summed E-state index contributed by atoms with van der Waals surface area (Å²) in [6, 6.07) is 12.8. The van der Waals surface area contributed by atoms with Gasteiger partial charge in [-0.2, -0.15) is 0 Å². The standard InChI is InChI=1S/C21H22N2OS2/c1-14-5-6-17(15(2)12-14)22-20(24)13-23-9-7-18-16(8-11-26-18)21(23)19-4-3-10-25-19/h3-6,8,10-12,21H,7,9,13H2,1-2H3,(H,22,24)/t21-/m1/s1. The Labute approximate surface area is 162 Å². The van der Waals surface area contributed by atoms with Gasteiger partial charge in [0.25, 0.3) is 0 Å². The molecule has 5 heteroatoms. The van der Waals surface area contributed by atoms with Crippen LogP contribution in [0.25, 0.3) is 0 Å². The van der Waals surface area contributed by atoms with Gasteiger partial charge in [0.2, 0.25) is 5.91 Å². The van der Waals surface area contributed by atoms with E-state index in [0.717, 1.165) is 24.2 Å². The summed E-state index contributed by atoms with van der Waals surface area (Å²) in [5.74, 6) is 0.0530. The Hall–Kier alpha value is -1.95. The maximum Gasteiger partial charge on any atom is 0.238 e. The summed E-state index contributed by atoms with van der Waals surface area (Å²) in [7, 11) is 0. The minimum Gasteiger partial charge on any atom is -0.325 e. The number of hydrogen-bond donors (Lipinski definition) is 1. The van der Waals surface area contributed by atoms with E-state index >= 15 is 0 Å². The Kier molecular flexibility index (Phi) is 4.94. The van der Waals surface area contributed by atoms with E-state index in [2.05, 4.69) is 52.2 Å². The van der Waals surface area contributed by atoms with E-state index < -0.39 is 0 Å². The lowest BCUT2D eigenvalue weighted by atomic mass is 9.98. The lowest BCUT2D eigenvalue weighted by Gasteiger charge is -2.34. The number of fused-ring (bicyclic) bond motifs is 1. The van der Waals surface area contributed by atoms with Crippen molar-refractivity contribution in [2.45, 2.75) is 26.3 Å². The van der Waals surface area contributed by atoms with Gasteiger partial charge < -0.3 is 5.32 Å². The van der Waals surface area contributed by atoms with Gasteiger partial charge in [-0.25, -0.2) is 0 Å². The van der Waals surface area contributed by atoms with Gasteiger partial charge in [0, 0.05) is 22.0 Å². The number of benzene rings is 1. The molecule has 3 nitrogen and oxygen atoms in total. The van der Waals surface area contributed by atoms with E-state index in [1.165, 1.54) is 20.9 Å². The molecule has 0 saturated carbocycles. The van der Waals surface area contributed by atoms with Gasteiger partial charge in [0.05, 0.1) is 12.6 Å². The average molecular weight is 383 g/mol. The number of anilines is 1. The monoisotopic (exact) mass is 382 g/mol. The number of hydrogen-bond acceptors (Lipinski definition) is 4. The fourth-order valence-corrected chi connectivity index (χ4v) is 5.43. The minimum atomic E-state index is 0.0530. The van der Waals surface area contributed by atoms with Crippen LogP contribution in [0.3, 0.4) is 0 Å². The number of thiophene rings is 2. The van der Waals surface area contributed by atoms with Crippen LogP contribution in [0.15, 0.2) is 47.2 Å². The van der Waals surface area contributed by atoms with Gasteiger partial charge in [-0.3, -0.25) is 9.69 Å². The fraction of sp³-hybridized carbons (Fsp3) is 0.286. The molecular weight excluding hydrogens is 360 g/mol. The van der Waals surface area contributed by atoms with Crippen LogP contribution in [0, 0.1) is 13.8 Å². The molecule has 0 fully saturated rings. The summed E-state index contributed by atoms with van der Waals surface area (Å²) in [4.78, 5) is 17.8. The van der Waals surface area contributed by atoms with Crippen molar-refractivity contribution in [3.05, 3.63) is 73.6 Å². The molecule has 2 aromatic heterocycles. The smallest absolute Gasteiger partial charge is 0.238 e. The minimum absolute atomic E-state index is 0.0530. The summed E-state index contributed by atoms with van der Waals surface area (Å²) < 4.78 is 0. The molecule has 0 bridgehead atoms. The Morgan fingerprint density at radius 1 is 1.19 bits per heavy atom. The highest BCUT2D eigenvalue weighted by Crippen LogP contribution is 2.39. The van der Waals surface area contributed by atoms with E-state index in [9.17, 15) is 4.79 Å². The average Bonchev–Trinajstić information content (AvgIpc) is 3.28. The molecule has 0 radical (unpaired) electrons. The second kappa shape index (κ2) is 7.35. The van der Waals surface area contributed by atoms with Crippen LogP contribution >= 0.6 is 22.7 Å². The Morgan fingerprint density at radius 3 is 2.85 bits per heavy atom. The van der Waals surface area contributed by atoms with Crippen LogP contribution in [0.5, 0.6) is 0 Å². The molecule has 3 aromatic rings. The Balaban J connectivity index is 1.54.